The molecule has 176 valence electrons. The predicted molar refractivity (Wildman–Crippen MR) is 131 cm³/mol. The number of hydrogen-bond donors (Lipinski definition) is 3. The van der Waals surface area contributed by atoms with Crippen molar-refractivity contribution in [3.05, 3.63) is 84.6 Å². The lowest BCUT2D eigenvalue weighted by molar-refractivity contribution is -0.116. The van der Waals surface area contributed by atoms with E-state index in [-0.39, 0.29) is 24.2 Å². The first kappa shape index (κ1) is 23.3. The molecular formula is C26H29N5O3. The van der Waals surface area contributed by atoms with Gasteiger partial charge in [-0.25, -0.2) is 4.98 Å². The van der Waals surface area contributed by atoms with Crippen LogP contribution in [0.4, 0.5) is 5.69 Å². The lowest BCUT2D eigenvalue weighted by Crippen LogP contribution is -2.15. The van der Waals surface area contributed by atoms with Gasteiger partial charge in [0.15, 0.2) is 0 Å². The van der Waals surface area contributed by atoms with Crippen LogP contribution in [0.3, 0.4) is 0 Å². The first-order valence-corrected chi connectivity index (χ1v) is 11.4. The number of nitrogens with two attached hydrogens (primary N) is 1. The smallest absolute Gasteiger partial charge is 0.268 e. The van der Waals surface area contributed by atoms with Gasteiger partial charge in [0, 0.05) is 31.0 Å². The van der Waals surface area contributed by atoms with Crippen molar-refractivity contribution in [3.63, 3.8) is 0 Å². The fourth-order valence-electron chi connectivity index (χ4n) is 4.06. The summed E-state index contributed by atoms with van der Waals surface area (Å²) in [6.45, 7) is 0.561. The van der Waals surface area contributed by atoms with Gasteiger partial charge >= 0.3 is 0 Å². The number of benzene rings is 2. The van der Waals surface area contributed by atoms with Gasteiger partial charge in [0.1, 0.15) is 5.69 Å². The molecular weight excluding hydrogens is 430 g/mol. The van der Waals surface area contributed by atoms with Crippen molar-refractivity contribution in [1.29, 1.82) is 0 Å². The molecule has 2 aromatic carbocycles. The standard InChI is InChI=1S/C26H29N5O3/c27-26(34)23-16-31(18-28-23)22(17-32)12-14-30-13-11-20-9-10-21(15-24(20)30)29-25(33)8-4-7-19-5-2-1-3-6-19/h1-3,5-6,9-11,13,15-16,18,22,32H,4,7-8,12,14,17H2,(H2,27,34)(H,29,33)/t22-/m1/s1. The van der Waals surface area contributed by atoms with Crippen LogP contribution in [0.1, 0.15) is 41.4 Å². The van der Waals surface area contributed by atoms with Gasteiger partial charge in [0.05, 0.1) is 24.5 Å². The molecule has 0 aliphatic carbocycles. The summed E-state index contributed by atoms with van der Waals surface area (Å²) in [6, 6.07) is 17.8. The Morgan fingerprint density at radius 2 is 1.94 bits per heavy atom. The molecule has 4 aromatic rings. The highest BCUT2D eigenvalue weighted by Gasteiger charge is 2.14. The lowest BCUT2D eigenvalue weighted by atomic mass is 10.1. The zero-order valence-electron chi connectivity index (χ0n) is 18.9. The van der Waals surface area contributed by atoms with Crippen LogP contribution in [-0.4, -0.2) is 37.6 Å². The molecule has 4 N–H and O–H groups in total. The van der Waals surface area contributed by atoms with Crippen molar-refractivity contribution in [3.8, 4) is 0 Å². The first-order valence-electron chi connectivity index (χ1n) is 11.4. The van der Waals surface area contributed by atoms with Crippen LogP contribution in [0.2, 0.25) is 0 Å². The van der Waals surface area contributed by atoms with Crippen molar-refractivity contribution in [1.82, 2.24) is 14.1 Å². The van der Waals surface area contributed by atoms with E-state index in [1.807, 2.05) is 48.7 Å². The van der Waals surface area contributed by atoms with Gasteiger partial charge in [-0.05, 0) is 48.4 Å². The Hall–Kier alpha value is -3.91. The number of nitrogens with one attached hydrogen (secondary N) is 1. The third-order valence-electron chi connectivity index (χ3n) is 5.96. The molecule has 4 rings (SSSR count). The summed E-state index contributed by atoms with van der Waals surface area (Å²) in [4.78, 5) is 27.7. The molecule has 0 saturated carbocycles. The fourth-order valence-corrected chi connectivity index (χ4v) is 4.06. The number of aliphatic hydroxyl groups excluding tert-OH is 1. The van der Waals surface area contributed by atoms with Gasteiger partial charge in [-0.1, -0.05) is 36.4 Å². The van der Waals surface area contributed by atoms with E-state index in [4.69, 9.17) is 5.73 Å². The summed E-state index contributed by atoms with van der Waals surface area (Å²) >= 11 is 0. The number of carbonyl (C=O) groups excluding carboxylic acids is 2. The van der Waals surface area contributed by atoms with E-state index in [9.17, 15) is 14.7 Å². The predicted octanol–water partition coefficient (Wildman–Crippen LogP) is 3.52. The van der Waals surface area contributed by atoms with Crippen LogP contribution in [0.5, 0.6) is 0 Å². The van der Waals surface area contributed by atoms with Crippen molar-refractivity contribution >= 4 is 28.4 Å². The summed E-state index contributed by atoms with van der Waals surface area (Å²) in [6.07, 6.45) is 7.83. The minimum absolute atomic E-state index is 0.000838. The number of amides is 2. The minimum Gasteiger partial charge on any atom is -0.394 e. The zero-order chi connectivity index (χ0) is 23.9. The molecule has 0 spiro atoms. The van der Waals surface area contributed by atoms with Gasteiger partial charge in [-0.2, -0.15) is 0 Å². The fraction of sp³-hybridized carbons (Fsp3) is 0.269. The number of imidazole rings is 1. The normalized spacial score (nSPS) is 12.0. The third-order valence-corrected chi connectivity index (χ3v) is 5.96. The van der Waals surface area contributed by atoms with Crippen LogP contribution in [0.15, 0.2) is 73.3 Å². The number of aliphatic hydroxyl groups is 1. The Morgan fingerprint density at radius 3 is 2.68 bits per heavy atom. The van der Waals surface area contributed by atoms with Crippen LogP contribution < -0.4 is 11.1 Å². The number of anilines is 1. The number of aryl methyl sites for hydroxylation is 2. The molecule has 0 aliphatic rings. The average Bonchev–Trinajstić information content (AvgIpc) is 3.48. The summed E-state index contributed by atoms with van der Waals surface area (Å²) in [5.41, 5.74) is 8.44. The van der Waals surface area contributed by atoms with Gasteiger partial charge in [-0.3, -0.25) is 9.59 Å². The maximum Gasteiger partial charge on any atom is 0.268 e. The molecule has 8 heteroatoms. The first-order chi connectivity index (χ1) is 16.5. The van der Waals surface area contributed by atoms with E-state index in [2.05, 4.69) is 27.0 Å². The van der Waals surface area contributed by atoms with Gasteiger partial charge in [-0.15, -0.1) is 0 Å². The van der Waals surface area contributed by atoms with Gasteiger partial charge in [0.2, 0.25) is 5.91 Å². The molecule has 0 radical (unpaired) electrons. The highest BCUT2D eigenvalue weighted by molar-refractivity contribution is 5.93. The maximum absolute atomic E-state index is 12.4. The molecule has 0 unspecified atom stereocenters. The van der Waals surface area contributed by atoms with E-state index in [0.717, 1.165) is 29.4 Å². The summed E-state index contributed by atoms with van der Waals surface area (Å²) in [5, 5.41) is 13.9. The Labute approximate surface area is 198 Å². The molecule has 0 fully saturated rings. The second-order valence-electron chi connectivity index (χ2n) is 8.37. The van der Waals surface area contributed by atoms with Gasteiger partial charge < -0.3 is 25.3 Å². The van der Waals surface area contributed by atoms with Crippen LogP contribution >= 0.6 is 0 Å². The molecule has 2 amide bonds. The van der Waals surface area contributed by atoms with Crippen LogP contribution in [-0.2, 0) is 17.8 Å². The van der Waals surface area contributed by atoms with Gasteiger partial charge in [0.25, 0.3) is 5.91 Å². The molecule has 8 nitrogen and oxygen atoms in total. The Kier molecular flexibility index (Phi) is 7.39. The number of carbonyl (C=O) groups is 2. The molecule has 0 aliphatic heterocycles. The number of aromatic nitrogens is 3. The van der Waals surface area contributed by atoms with E-state index in [0.29, 0.717) is 19.4 Å². The highest BCUT2D eigenvalue weighted by Crippen LogP contribution is 2.23. The largest absolute Gasteiger partial charge is 0.394 e. The second-order valence-corrected chi connectivity index (χ2v) is 8.37. The zero-order valence-corrected chi connectivity index (χ0v) is 18.9. The quantitative estimate of drug-likeness (QED) is 0.318. The SMILES string of the molecule is NC(=O)c1cn([C@@H](CO)CCn2ccc3ccc(NC(=O)CCCc4ccccc4)cc32)cn1. The third kappa shape index (κ3) is 5.71. The van der Waals surface area contributed by atoms with E-state index in [1.54, 1.807) is 10.8 Å². The number of primary amides is 1. The molecule has 2 heterocycles. The van der Waals surface area contributed by atoms with Crippen molar-refractivity contribution in [2.24, 2.45) is 5.73 Å². The summed E-state index contributed by atoms with van der Waals surface area (Å²) in [5.74, 6) is -0.597. The molecule has 34 heavy (non-hydrogen) atoms. The second kappa shape index (κ2) is 10.8. The van der Waals surface area contributed by atoms with Crippen molar-refractivity contribution in [2.45, 2.75) is 38.3 Å². The Morgan fingerprint density at radius 1 is 1.12 bits per heavy atom. The molecule has 1 atom stereocenters. The Balaban J connectivity index is 1.36. The maximum atomic E-state index is 12.4. The average molecular weight is 460 g/mol. The summed E-state index contributed by atoms with van der Waals surface area (Å²) in [7, 11) is 0. The monoisotopic (exact) mass is 459 g/mol. The number of fused-ring (bicyclic) bond motifs is 1. The lowest BCUT2D eigenvalue weighted by Gasteiger charge is -2.16. The van der Waals surface area contributed by atoms with E-state index >= 15 is 0 Å². The Bertz CT molecular complexity index is 1260. The number of hydrogen-bond acceptors (Lipinski definition) is 4. The number of nitrogens with zero attached hydrogens (tertiary/aromatic N) is 3. The van der Waals surface area contributed by atoms with E-state index in [1.165, 1.54) is 11.9 Å². The number of rotatable bonds is 11. The van der Waals surface area contributed by atoms with Crippen LogP contribution in [0, 0.1) is 0 Å². The minimum atomic E-state index is -0.596. The topological polar surface area (TPSA) is 115 Å². The molecule has 0 bridgehead atoms. The van der Waals surface area contributed by atoms with Crippen LogP contribution in [0.25, 0.3) is 10.9 Å². The highest BCUT2D eigenvalue weighted by atomic mass is 16.3. The van der Waals surface area contributed by atoms with Crippen molar-refractivity contribution in [2.75, 3.05) is 11.9 Å². The molecule has 2 aromatic heterocycles. The molecule has 0 saturated heterocycles. The van der Waals surface area contributed by atoms with Crippen molar-refractivity contribution < 1.29 is 14.7 Å². The van der Waals surface area contributed by atoms with E-state index < -0.39 is 5.91 Å². The summed E-state index contributed by atoms with van der Waals surface area (Å²) < 4.78 is 3.81.